The third kappa shape index (κ3) is 2.99. The zero-order chi connectivity index (χ0) is 9.84. The summed E-state index contributed by atoms with van der Waals surface area (Å²) in [7, 11) is 1.32. The van der Waals surface area contributed by atoms with Crippen LogP contribution in [0.4, 0.5) is 0 Å². The van der Waals surface area contributed by atoms with Gasteiger partial charge >= 0.3 is 5.97 Å². The lowest BCUT2D eigenvalue weighted by atomic mass is 10.2. The molecule has 0 aromatic carbocycles. The third-order valence-corrected chi connectivity index (χ3v) is 2.81. The van der Waals surface area contributed by atoms with Crippen molar-refractivity contribution >= 4 is 28.9 Å². The molecular formula is C8H10ClNO2S. The average Bonchev–Trinajstić information content (AvgIpc) is 2.49. The Kier molecular flexibility index (Phi) is 3.71. The number of esters is 1. The van der Waals surface area contributed by atoms with E-state index in [2.05, 4.69) is 4.74 Å². The van der Waals surface area contributed by atoms with Crippen LogP contribution in [-0.2, 0) is 16.0 Å². The maximum atomic E-state index is 10.9. The molecule has 0 fully saturated rings. The van der Waals surface area contributed by atoms with Gasteiger partial charge in [0.25, 0.3) is 0 Å². The normalized spacial score (nSPS) is 12.5. The van der Waals surface area contributed by atoms with E-state index < -0.39 is 12.0 Å². The van der Waals surface area contributed by atoms with Gasteiger partial charge in [0.2, 0.25) is 0 Å². The fraction of sp³-hybridized carbons (Fsp3) is 0.375. The summed E-state index contributed by atoms with van der Waals surface area (Å²) in [6.45, 7) is 0. The van der Waals surface area contributed by atoms with Crippen LogP contribution in [0.15, 0.2) is 12.1 Å². The summed E-state index contributed by atoms with van der Waals surface area (Å²) in [5, 5.41) is 0. The Morgan fingerprint density at radius 2 is 2.46 bits per heavy atom. The molecule has 2 N–H and O–H groups in total. The summed E-state index contributed by atoms with van der Waals surface area (Å²) in [5.41, 5.74) is 5.56. The Hall–Kier alpha value is -0.580. The molecule has 0 saturated carbocycles. The second-order valence-electron chi connectivity index (χ2n) is 2.54. The molecule has 0 saturated heterocycles. The lowest BCUT2D eigenvalue weighted by Gasteiger charge is -2.06. The molecule has 0 aliphatic carbocycles. The van der Waals surface area contributed by atoms with Crippen LogP contribution in [-0.4, -0.2) is 19.1 Å². The average molecular weight is 220 g/mol. The van der Waals surface area contributed by atoms with Gasteiger partial charge in [0.05, 0.1) is 11.4 Å². The molecule has 1 aromatic heterocycles. The van der Waals surface area contributed by atoms with Crippen molar-refractivity contribution in [2.24, 2.45) is 5.73 Å². The highest BCUT2D eigenvalue weighted by atomic mass is 35.5. The minimum atomic E-state index is -0.597. The van der Waals surface area contributed by atoms with E-state index in [0.29, 0.717) is 10.8 Å². The number of halogens is 1. The van der Waals surface area contributed by atoms with Gasteiger partial charge in [-0.1, -0.05) is 11.6 Å². The van der Waals surface area contributed by atoms with E-state index in [9.17, 15) is 4.79 Å². The van der Waals surface area contributed by atoms with E-state index in [1.54, 1.807) is 6.07 Å². The molecule has 0 aliphatic heterocycles. The molecule has 0 aliphatic rings. The highest BCUT2D eigenvalue weighted by Gasteiger charge is 2.14. The Labute approximate surface area is 85.4 Å². The number of thiophene rings is 1. The molecule has 0 radical (unpaired) electrons. The number of hydrogen-bond donors (Lipinski definition) is 1. The van der Waals surface area contributed by atoms with E-state index in [1.807, 2.05) is 6.07 Å². The fourth-order valence-electron chi connectivity index (χ4n) is 0.913. The van der Waals surface area contributed by atoms with Crippen molar-refractivity contribution < 1.29 is 9.53 Å². The van der Waals surface area contributed by atoms with Crippen molar-refractivity contribution in [1.82, 2.24) is 0 Å². The smallest absolute Gasteiger partial charge is 0.323 e. The molecule has 1 heterocycles. The van der Waals surface area contributed by atoms with Crippen LogP contribution in [0.25, 0.3) is 0 Å². The Balaban J connectivity index is 2.54. The van der Waals surface area contributed by atoms with Crippen molar-refractivity contribution in [2.75, 3.05) is 7.11 Å². The Morgan fingerprint density at radius 1 is 1.77 bits per heavy atom. The molecule has 0 amide bonds. The van der Waals surface area contributed by atoms with Gasteiger partial charge in [0.1, 0.15) is 6.04 Å². The van der Waals surface area contributed by atoms with E-state index in [-0.39, 0.29) is 0 Å². The van der Waals surface area contributed by atoms with Crippen LogP contribution in [0.5, 0.6) is 0 Å². The topological polar surface area (TPSA) is 52.3 Å². The van der Waals surface area contributed by atoms with Crippen LogP contribution in [0.3, 0.4) is 0 Å². The first-order valence-electron chi connectivity index (χ1n) is 3.71. The molecule has 1 rings (SSSR count). The molecule has 0 bridgehead atoms. The zero-order valence-corrected chi connectivity index (χ0v) is 8.69. The molecular weight excluding hydrogens is 210 g/mol. The number of nitrogens with two attached hydrogens (primary N) is 1. The predicted molar refractivity (Wildman–Crippen MR) is 53.0 cm³/mol. The highest BCUT2D eigenvalue weighted by molar-refractivity contribution is 7.16. The van der Waals surface area contributed by atoms with Gasteiger partial charge in [-0.3, -0.25) is 4.79 Å². The van der Waals surface area contributed by atoms with Crippen LogP contribution in [0.2, 0.25) is 4.34 Å². The van der Waals surface area contributed by atoms with Crippen LogP contribution < -0.4 is 5.73 Å². The number of methoxy groups -OCH3 is 1. The Morgan fingerprint density at radius 3 is 2.92 bits per heavy atom. The largest absolute Gasteiger partial charge is 0.468 e. The van der Waals surface area contributed by atoms with Crippen molar-refractivity contribution in [1.29, 1.82) is 0 Å². The molecule has 5 heteroatoms. The molecule has 1 aromatic rings. The number of hydrogen-bond acceptors (Lipinski definition) is 4. The zero-order valence-electron chi connectivity index (χ0n) is 7.12. The van der Waals surface area contributed by atoms with E-state index in [4.69, 9.17) is 17.3 Å². The monoisotopic (exact) mass is 219 g/mol. The summed E-state index contributed by atoms with van der Waals surface area (Å²) in [6.07, 6.45) is 0.476. The van der Waals surface area contributed by atoms with E-state index in [0.717, 1.165) is 4.88 Å². The molecule has 3 nitrogen and oxygen atoms in total. The number of carbonyl (C=O) groups is 1. The van der Waals surface area contributed by atoms with Gasteiger partial charge in [-0.05, 0) is 12.1 Å². The number of ether oxygens (including phenoxy) is 1. The molecule has 0 spiro atoms. The molecule has 72 valence electrons. The van der Waals surface area contributed by atoms with Crippen LogP contribution in [0, 0.1) is 0 Å². The van der Waals surface area contributed by atoms with Gasteiger partial charge < -0.3 is 10.5 Å². The number of carbonyl (C=O) groups excluding carboxylic acids is 1. The molecule has 13 heavy (non-hydrogen) atoms. The lowest BCUT2D eigenvalue weighted by molar-refractivity contribution is -0.142. The summed E-state index contributed by atoms with van der Waals surface area (Å²) in [6, 6.07) is 3.04. The molecule has 1 atom stereocenters. The van der Waals surface area contributed by atoms with Gasteiger partial charge in [0, 0.05) is 11.3 Å². The van der Waals surface area contributed by atoms with Crippen LogP contribution >= 0.6 is 22.9 Å². The Bertz CT molecular complexity index is 300. The summed E-state index contributed by atoms with van der Waals surface area (Å²) in [4.78, 5) is 11.9. The van der Waals surface area contributed by atoms with Crippen molar-refractivity contribution in [3.05, 3.63) is 21.3 Å². The first-order chi connectivity index (χ1) is 6.13. The first-order valence-corrected chi connectivity index (χ1v) is 4.90. The predicted octanol–water partition coefficient (Wildman–Crippen LogP) is 1.44. The maximum Gasteiger partial charge on any atom is 0.323 e. The van der Waals surface area contributed by atoms with Gasteiger partial charge in [-0.2, -0.15) is 0 Å². The van der Waals surface area contributed by atoms with Gasteiger partial charge in [-0.15, -0.1) is 11.3 Å². The second kappa shape index (κ2) is 4.60. The SMILES string of the molecule is COC(=O)[C@@H](N)Cc1ccc(Cl)s1. The summed E-state index contributed by atoms with van der Waals surface area (Å²) >= 11 is 7.14. The summed E-state index contributed by atoms with van der Waals surface area (Å²) < 4.78 is 5.20. The molecule has 0 unspecified atom stereocenters. The lowest BCUT2D eigenvalue weighted by Crippen LogP contribution is -2.33. The second-order valence-corrected chi connectivity index (χ2v) is 4.34. The van der Waals surface area contributed by atoms with Gasteiger partial charge in [-0.25, -0.2) is 0 Å². The minimum absolute atomic E-state index is 0.399. The fourth-order valence-corrected chi connectivity index (χ4v) is 2.06. The minimum Gasteiger partial charge on any atom is -0.468 e. The van der Waals surface area contributed by atoms with Crippen molar-refractivity contribution in [2.45, 2.75) is 12.5 Å². The standard InChI is InChI=1S/C8H10ClNO2S/c1-12-8(11)6(10)4-5-2-3-7(9)13-5/h2-3,6H,4,10H2,1H3/t6-/m0/s1. The number of rotatable bonds is 3. The first kappa shape index (κ1) is 10.5. The third-order valence-electron chi connectivity index (χ3n) is 1.55. The van der Waals surface area contributed by atoms with E-state index >= 15 is 0 Å². The van der Waals surface area contributed by atoms with Crippen molar-refractivity contribution in [3.8, 4) is 0 Å². The summed E-state index contributed by atoms with van der Waals surface area (Å²) in [5.74, 6) is -0.399. The van der Waals surface area contributed by atoms with Gasteiger partial charge in [0.15, 0.2) is 0 Å². The van der Waals surface area contributed by atoms with E-state index in [1.165, 1.54) is 18.4 Å². The maximum absolute atomic E-state index is 10.9. The van der Waals surface area contributed by atoms with Crippen molar-refractivity contribution in [3.63, 3.8) is 0 Å². The van der Waals surface area contributed by atoms with Crippen LogP contribution in [0.1, 0.15) is 4.88 Å². The quantitative estimate of drug-likeness (QED) is 0.783. The highest BCUT2D eigenvalue weighted by Crippen LogP contribution is 2.22.